The Kier molecular flexibility index (Phi) is 5.59. The number of benzene rings is 2. The Balaban J connectivity index is 1.49. The van der Waals surface area contributed by atoms with Gasteiger partial charge in [-0.15, -0.1) is 11.8 Å². The second kappa shape index (κ2) is 8.45. The Hall–Kier alpha value is -2.84. The van der Waals surface area contributed by atoms with Crippen LogP contribution < -0.4 is 5.32 Å². The molecule has 0 aliphatic carbocycles. The third-order valence-corrected chi connectivity index (χ3v) is 5.75. The Morgan fingerprint density at radius 3 is 2.79 bits per heavy atom. The van der Waals surface area contributed by atoms with Gasteiger partial charge in [0.1, 0.15) is 11.4 Å². The van der Waals surface area contributed by atoms with Gasteiger partial charge in [0.2, 0.25) is 5.91 Å². The van der Waals surface area contributed by atoms with Crippen molar-refractivity contribution in [1.29, 1.82) is 0 Å². The average Bonchev–Trinajstić information content (AvgIpc) is 3.18. The number of nitrogens with one attached hydrogen (secondary N) is 1. The summed E-state index contributed by atoms with van der Waals surface area (Å²) in [5.74, 6) is 0.178. The van der Waals surface area contributed by atoms with Gasteiger partial charge in [-0.3, -0.25) is 4.79 Å². The number of aromatic nitrogens is 4. The third kappa shape index (κ3) is 4.02. The first kappa shape index (κ1) is 18.5. The summed E-state index contributed by atoms with van der Waals surface area (Å²) >= 11 is 3.01. The molecule has 1 N–H and O–H groups in total. The normalized spacial score (nSPS) is 10.9. The number of nitrogens with zero attached hydrogens (tertiary/aromatic N) is 4. The molecule has 1 amide bonds. The molecule has 2 aromatic carbocycles. The molecular formula is C20H17N5OS2. The maximum atomic E-state index is 12.3. The van der Waals surface area contributed by atoms with Crippen LogP contribution in [0.2, 0.25) is 0 Å². The summed E-state index contributed by atoms with van der Waals surface area (Å²) < 4.78 is 1.77. The molecule has 6 nitrogen and oxygen atoms in total. The fraction of sp³-hybridized carbons (Fsp3) is 0.100. The molecule has 0 unspecified atom stereocenters. The van der Waals surface area contributed by atoms with Crippen LogP contribution >= 0.6 is 23.5 Å². The average molecular weight is 408 g/mol. The topological polar surface area (TPSA) is 72.7 Å². The first-order chi connectivity index (χ1) is 13.7. The molecule has 0 spiro atoms. The van der Waals surface area contributed by atoms with Crippen molar-refractivity contribution in [2.24, 2.45) is 0 Å². The maximum Gasteiger partial charge on any atom is 0.234 e. The van der Waals surface area contributed by atoms with Crippen molar-refractivity contribution >= 4 is 46.2 Å². The first-order valence-electron chi connectivity index (χ1n) is 8.55. The minimum absolute atomic E-state index is 0.0783. The summed E-state index contributed by atoms with van der Waals surface area (Å²) in [6.07, 6.45) is 5.25. The molecule has 2 aromatic heterocycles. The van der Waals surface area contributed by atoms with Crippen LogP contribution in [0.1, 0.15) is 0 Å². The number of hydrogen-bond donors (Lipinski definition) is 1. The lowest BCUT2D eigenvalue weighted by molar-refractivity contribution is -0.113. The van der Waals surface area contributed by atoms with Crippen LogP contribution in [-0.2, 0) is 4.79 Å². The molecule has 8 heteroatoms. The van der Waals surface area contributed by atoms with E-state index in [1.807, 2.05) is 60.9 Å². The van der Waals surface area contributed by atoms with Gasteiger partial charge in [-0.25, -0.2) is 14.6 Å². The Morgan fingerprint density at radius 2 is 1.96 bits per heavy atom. The largest absolute Gasteiger partial charge is 0.325 e. The number of hydrogen-bond acceptors (Lipinski definition) is 6. The van der Waals surface area contributed by atoms with Crippen molar-refractivity contribution in [3.63, 3.8) is 0 Å². The van der Waals surface area contributed by atoms with Crippen molar-refractivity contribution in [1.82, 2.24) is 19.7 Å². The lowest BCUT2D eigenvalue weighted by atomic mass is 10.3. The number of thioether (sulfide) groups is 2. The van der Waals surface area contributed by atoms with E-state index in [-0.39, 0.29) is 11.7 Å². The Morgan fingerprint density at radius 1 is 1.11 bits per heavy atom. The van der Waals surface area contributed by atoms with E-state index >= 15 is 0 Å². The molecule has 0 aliphatic rings. The quantitative estimate of drug-likeness (QED) is 0.380. The molecule has 28 heavy (non-hydrogen) atoms. The second-order valence-corrected chi connectivity index (χ2v) is 7.72. The van der Waals surface area contributed by atoms with Gasteiger partial charge < -0.3 is 5.32 Å². The van der Waals surface area contributed by atoms with Gasteiger partial charge in [0.15, 0.2) is 5.65 Å². The number of anilines is 1. The zero-order valence-corrected chi connectivity index (χ0v) is 16.7. The molecule has 0 radical (unpaired) electrons. The highest BCUT2D eigenvalue weighted by Crippen LogP contribution is 2.26. The highest BCUT2D eigenvalue weighted by Gasteiger charge is 2.13. The molecule has 0 aliphatic heterocycles. The summed E-state index contributed by atoms with van der Waals surface area (Å²) in [7, 11) is 0. The fourth-order valence-electron chi connectivity index (χ4n) is 2.73. The molecule has 140 valence electrons. The van der Waals surface area contributed by atoms with E-state index in [4.69, 9.17) is 0 Å². The van der Waals surface area contributed by atoms with Gasteiger partial charge in [0.25, 0.3) is 0 Å². The minimum atomic E-state index is -0.0783. The summed E-state index contributed by atoms with van der Waals surface area (Å²) in [5, 5.41) is 8.93. The molecule has 0 atom stereocenters. The summed E-state index contributed by atoms with van der Waals surface area (Å²) in [6, 6.07) is 17.6. The van der Waals surface area contributed by atoms with Crippen molar-refractivity contribution in [2.45, 2.75) is 9.92 Å². The number of carbonyl (C=O) groups excluding carboxylic acids is 1. The lowest BCUT2D eigenvalue weighted by Gasteiger charge is -2.07. The molecule has 2 heterocycles. The summed E-state index contributed by atoms with van der Waals surface area (Å²) in [5.41, 5.74) is 2.44. The predicted molar refractivity (Wildman–Crippen MR) is 114 cm³/mol. The highest BCUT2D eigenvalue weighted by molar-refractivity contribution is 8.00. The summed E-state index contributed by atoms with van der Waals surface area (Å²) in [4.78, 5) is 22.2. The fourth-order valence-corrected chi connectivity index (χ4v) is 3.95. The van der Waals surface area contributed by atoms with Crippen LogP contribution in [0, 0.1) is 0 Å². The van der Waals surface area contributed by atoms with Gasteiger partial charge >= 0.3 is 0 Å². The van der Waals surface area contributed by atoms with E-state index in [0.29, 0.717) is 0 Å². The number of para-hydroxylation sites is 1. The van der Waals surface area contributed by atoms with E-state index in [9.17, 15) is 4.79 Å². The maximum absolute atomic E-state index is 12.3. The van der Waals surface area contributed by atoms with Crippen LogP contribution in [0.5, 0.6) is 0 Å². The molecule has 4 rings (SSSR count). The van der Waals surface area contributed by atoms with Gasteiger partial charge in [0.05, 0.1) is 23.0 Å². The standard InChI is InChI=1S/C20H17N5OS2/c1-27-16-9-5-6-14(10-16)24-18(26)12-28-20-17-11-23-25(19(17)21-13-22-20)15-7-3-2-4-8-15/h2-11,13H,12H2,1H3,(H,24,26). The van der Waals surface area contributed by atoms with E-state index in [1.165, 1.54) is 18.1 Å². The number of carbonyl (C=O) groups is 1. The van der Waals surface area contributed by atoms with Crippen LogP contribution in [0.15, 0.2) is 77.0 Å². The minimum Gasteiger partial charge on any atom is -0.325 e. The van der Waals surface area contributed by atoms with Crippen molar-refractivity contribution in [3.8, 4) is 5.69 Å². The molecule has 0 saturated heterocycles. The van der Waals surface area contributed by atoms with Crippen molar-refractivity contribution in [3.05, 3.63) is 67.1 Å². The predicted octanol–water partition coefficient (Wildman–Crippen LogP) is 4.27. The monoisotopic (exact) mass is 407 g/mol. The number of amides is 1. The van der Waals surface area contributed by atoms with Crippen LogP contribution in [0.25, 0.3) is 16.7 Å². The van der Waals surface area contributed by atoms with E-state index in [2.05, 4.69) is 20.4 Å². The van der Waals surface area contributed by atoms with Gasteiger partial charge in [0, 0.05) is 10.6 Å². The zero-order chi connectivity index (χ0) is 19.3. The molecule has 0 fully saturated rings. The summed E-state index contributed by atoms with van der Waals surface area (Å²) in [6.45, 7) is 0. The van der Waals surface area contributed by atoms with E-state index in [1.54, 1.807) is 22.6 Å². The van der Waals surface area contributed by atoms with Crippen LogP contribution in [-0.4, -0.2) is 37.7 Å². The lowest BCUT2D eigenvalue weighted by Crippen LogP contribution is -2.14. The number of fused-ring (bicyclic) bond motifs is 1. The first-order valence-corrected chi connectivity index (χ1v) is 10.8. The van der Waals surface area contributed by atoms with Crippen LogP contribution in [0.4, 0.5) is 5.69 Å². The zero-order valence-electron chi connectivity index (χ0n) is 15.1. The van der Waals surface area contributed by atoms with Gasteiger partial charge in [-0.1, -0.05) is 36.0 Å². The smallest absolute Gasteiger partial charge is 0.234 e. The Labute approximate surface area is 170 Å². The Bertz CT molecular complexity index is 1110. The van der Waals surface area contributed by atoms with Crippen molar-refractivity contribution < 1.29 is 4.79 Å². The second-order valence-electron chi connectivity index (χ2n) is 5.88. The SMILES string of the molecule is CSc1cccc(NC(=O)CSc2ncnc3c2cnn3-c2ccccc2)c1. The molecule has 4 aromatic rings. The van der Waals surface area contributed by atoms with Gasteiger partial charge in [-0.05, 0) is 36.6 Å². The highest BCUT2D eigenvalue weighted by atomic mass is 32.2. The van der Waals surface area contributed by atoms with Crippen LogP contribution in [0.3, 0.4) is 0 Å². The van der Waals surface area contributed by atoms with Crippen molar-refractivity contribution in [2.75, 3.05) is 17.3 Å². The van der Waals surface area contributed by atoms with Gasteiger partial charge in [-0.2, -0.15) is 5.10 Å². The third-order valence-electron chi connectivity index (χ3n) is 4.02. The molecular weight excluding hydrogens is 390 g/mol. The molecule has 0 bridgehead atoms. The van der Waals surface area contributed by atoms with E-state index < -0.39 is 0 Å². The molecule has 0 saturated carbocycles. The van der Waals surface area contributed by atoms with E-state index in [0.717, 1.165) is 32.3 Å². The number of rotatable bonds is 6.